The predicted molar refractivity (Wildman–Crippen MR) is 92.8 cm³/mol. The molecule has 1 heterocycles. The number of esters is 1. The summed E-state index contributed by atoms with van der Waals surface area (Å²) in [5.41, 5.74) is -0.479. The molecule has 1 N–H and O–H groups in total. The summed E-state index contributed by atoms with van der Waals surface area (Å²) in [4.78, 5) is 12.5. The average molecular weight is 354 g/mol. The molecular weight excluding hydrogens is 328 g/mol. The van der Waals surface area contributed by atoms with Gasteiger partial charge in [0.15, 0.2) is 6.10 Å². The SMILES string of the molecule is CCCCO[C@@H]1[C@@H](O)[C@@H](OC(C)=O)[C@H](Sc2ccccc2)O[C@H]1C. The van der Waals surface area contributed by atoms with E-state index in [9.17, 15) is 9.90 Å². The normalized spacial score (nSPS) is 30.1. The Balaban J connectivity index is 2.10. The van der Waals surface area contributed by atoms with Crippen LogP contribution in [0.1, 0.15) is 33.6 Å². The first-order chi connectivity index (χ1) is 11.5. The first kappa shape index (κ1) is 19.2. The van der Waals surface area contributed by atoms with E-state index in [0.717, 1.165) is 17.7 Å². The lowest BCUT2D eigenvalue weighted by atomic mass is 10.0. The molecule has 24 heavy (non-hydrogen) atoms. The van der Waals surface area contributed by atoms with Crippen molar-refractivity contribution >= 4 is 17.7 Å². The summed E-state index contributed by atoms with van der Waals surface area (Å²) in [5.74, 6) is -0.442. The minimum absolute atomic E-state index is 0.287. The zero-order chi connectivity index (χ0) is 17.5. The molecule has 1 aliphatic heterocycles. The number of carbonyl (C=O) groups excluding carboxylic acids is 1. The molecule has 0 saturated carbocycles. The molecule has 1 aliphatic rings. The Morgan fingerprint density at radius 3 is 2.62 bits per heavy atom. The Morgan fingerprint density at radius 2 is 2.00 bits per heavy atom. The highest BCUT2D eigenvalue weighted by Crippen LogP contribution is 2.35. The summed E-state index contributed by atoms with van der Waals surface area (Å²) in [6, 6.07) is 9.72. The van der Waals surface area contributed by atoms with Gasteiger partial charge < -0.3 is 19.3 Å². The van der Waals surface area contributed by atoms with Crippen LogP contribution in [0.25, 0.3) is 0 Å². The fourth-order valence-electron chi connectivity index (χ4n) is 2.63. The van der Waals surface area contributed by atoms with Crippen LogP contribution >= 0.6 is 11.8 Å². The first-order valence-corrected chi connectivity index (χ1v) is 9.25. The van der Waals surface area contributed by atoms with Gasteiger partial charge in [-0.1, -0.05) is 43.3 Å². The number of carbonyl (C=O) groups is 1. The van der Waals surface area contributed by atoms with Crippen molar-refractivity contribution in [2.75, 3.05) is 6.61 Å². The maximum absolute atomic E-state index is 11.5. The van der Waals surface area contributed by atoms with Crippen LogP contribution in [-0.4, -0.2) is 47.5 Å². The molecule has 0 bridgehead atoms. The van der Waals surface area contributed by atoms with Crippen molar-refractivity contribution in [2.24, 2.45) is 0 Å². The van der Waals surface area contributed by atoms with Crippen LogP contribution in [0, 0.1) is 0 Å². The van der Waals surface area contributed by atoms with E-state index in [1.165, 1.54) is 18.7 Å². The van der Waals surface area contributed by atoms with Gasteiger partial charge in [0.25, 0.3) is 0 Å². The van der Waals surface area contributed by atoms with Gasteiger partial charge in [0.1, 0.15) is 17.6 Å². The van der Waals surface area contributed by atoms with E-state index in [0.29, 0.717) is 6.61 Å². The molecule has 0 unspecified atom stereocenters. The van der Waals surface area contributed by atoms with E-state index in [1.54, 1.807) is 0 Å². The number of aliphatic hydroxyl groups excluding tert-OH is 1. The molecular formula is C18H26O5S. The third kappa shape index (κ3) is 5.21. The van der Waals surface area contributed by atoms with Crippen molar-refractivity contribution in [3.05, 3.63) is 30.3 Å². The third-order valence-corrected chi connectivity index (χ3v) is 5.01. The zero-order valence-electron chi connectivity index (χ0n) is 14.4. The quantitative estimate of drug-likeness (QED) is 0.600. The summed E-state index contributed by atoms with van der Waals surface area (Å²) in [7, 11) is 0. The molecule has 134 valence electrons. The smallest absolute Gasteiger partial charge is 0.303 e. The first-order valence-electron chi connectivity index (χ1n) is 8.37. The summed E-state index contributed by atoms with van der Waals surface area (Å²) >= 11 is 1.44. The van der Waals surface area contributed by atoms with Gasteiger partial charge in [-0.05, 0) is 25.5 Å². The van der Waals surface area contributed by atoms with Gasteiger partial charge in [0, 0.05) is 18.4 Å². The molecule has 0 amide bonds. The molecule has 0 aromatic heterocycles. The highest BCUT2D eigenvalue weighted by Gasteiger charge is 2.46. The number of aliphatic hydroxyl groups is 1. The van der Waals surface area contributed by atoms with Gasteiger partial charge >= 0.3 is 5.97 Å². The highest BCUT2D eigenvalue weighted by atomic mass is 32.2. The van der Waals surface area contributed by atoms with E-state index in [-0.39, 0.29) is 6.10 Å². The second-order valence-corrected chi connectivity index (χ2v) is 7.07. The number of hydrogen-bond donors (Lipinski definition) is 1. The number of hydrogen-bond acceptors (Lipinski definition) is 6. The molecule has 1 aromatic rings. The van der Waals surface area contributed by atoms with Crippen LogP contribution in [0.15, 0.2) is 35.2 Å². The van der Waals surface area contributed by atoms with Gasteiger partial charge in [-0.25, -0.2) is 0 Å². The van der Waals surface area contributed by atoms with Crippen LogP contribution in [-0.2, 0) is 19.0 Å². The Kier molecular flexibility index (Phi) is 7.55. The monoisotopic (exact) mass is 354 g/mol. The van der Waals surface area contributed by atoms with E-state index in [2.05, 4.69) is 6.92 Å². The van der Waals surface area contributed by atoms with Crippen molar-refractivity contribution in [2.45, 2.75) is 68.4 Å². The largest absolute Gasteiger partial charge is 0.456 e. The van der Waals surface area contributed by atoms with Gasteiger partial charge in [0.05, 0.1) is 6.10 Å². The van der Waals surface area contributed by atoms with E-state index in [4.69, 9.17) is 14.2 Å². The second-order valence-electron chi connectivity index (χ2n) is 5.89. The molecule has 0 aliphatic carbocycles. The Hall–Kier alpha value is -1.08. The minimum atomic E-state index is -0.921. The van der Waals surface area contributed by atoms with E-state index < -0.39 is 29.7 Å². The van der Waals surface area contributed by atoms with Crippen molar-refractivity contribution in [3.63, 3.8) is 0 Å². The highest BCUT2D eigenvalue weighted by molar-refractivity contribution is 7.99. The fraction of sp³-hybridized carbons (Fsp3) is 0.611. The summed E-state index contributed by atoms with van der Waals surface area (Å²) in [5, 5.41) is 10.7. The standard InChI is InChI=1S/C18H26O5S/c1-4-5-11-21-16-12(2)22-18(17(15(16)20)23-13(3)19)24-14-9-7-6-8-10-14/h6-10,12,15-18,20H,4-5,11H2,1-3H3/t12-,15+,16-,17+,18-/m0/s1. The number of ether oxygens (including phenoxy) is 3. The number of unbranched alkanes of at least 4 members (excludes halogenated alkanes) is 1. The van der Waals surface area contributed by atoms with Crippen molar-refractivity contribution in [1.29, 1.82) is 0 Å². The number of rotatable bonds is 7. The molecule has 0 radical (unpaired) electrons. The maximum atomic E-state index is 11.5. The Labute approximate surface area is 147 Å². The zero-order valence-corrected chi connectivity index (χ0v) is 15.2. The predicted octanol–water partition coefficient (Wildman–Crippen LogP) is 3.00. The fourth-order valence-corrected chi connectivity index (χ4v) is 3.80. The Morgan fingerprint density at radius 1 is 1.29 bits per heavy atom. The maximum Gasteiger partial charge on any atom is 0.303 e. The molecule has 0 spiro atoms. The van der Waals surface area contributed by atoms with Crippen LogP contribution in [0.5, 0.6) is 0 Å². The second kappa shape index (κ2) is 9.42. The number of thioether (sulfide) groups is 1. The topological polar surface area (TPSA) is 65.0 Å². The van der Waals surface area contributed by atoms with Crippen molar-refractivity contribution in [3.8, 4) is 0 Å². The summed E-state index contributed by atoms with van der Waals surface area (Å²) in [6.07, 6.45) is -0.557. The van der Waals surface area contributed by atoms with Crippen LogP contribution in [0.2, 0.25) is 0 Å². The minimum Gasteiger partial charge on any atom is -0.456 e. The van der Waals surface area contributed by atoms with Gasteiger partial charge in [-0.15, -0.1) is 0 Å². The summed E-state index contributed by atoms with van der Waals surface area (Å²) in [6.45, 7) is 5.84. The molecule has 1 fully saturated rings. The van der Waals surface area contributed by atoms with Gasteiger partial charge in [0.2, 0.25) is 0 Å². The van der Waals surface area contributed by atoms with Crippen molar-refractivity contribution < 1.29 is 24.1 Å². The molecule has 5 atom stereocenters. The van der Waals surface area contributed by atoms with Crippen LogP contribution in [0.3, 0.4) is 0 Å². The third-order valence-electron chi connectivity index (χ3n) is 3.86. The average Bonchev–Trinajstić information content (AvgIpc) is 2.55. The lowest BCUT2D eigenvalue weighted by Gasteiger charge is -2.42. The lowest BCUT2D eigenvalue weighted by Crippen LogP contribution is -2.57. The Bertz CT molecular complexity index is 509. The van der Waals surface area contributed by atoms with Crippen molar-refractivity contribution in [1.82, 2.24) is 0 Å². The molecule has 1 saturated heterocycles. The lowest BCUT2D eigenvalue weighted by molar-refractivity contribution is -0.220. The molecule has 5 nitrogen and oxygen atoms in total. The van der Waals surface area contributed by atoms with Crippen LogP contribution < -0.4 is 0 Å². The van der Waals surface area contributed by atoms with E-state index >= 15 is 0 Å². The number of benzene rings is 1. The summed E-state index contributed by atoms with van der Waals surface area (Å²) < 4.78 is 17.2. The van der Waals surface area contributed by atoms with E-state index in [1.807, 2.05) is 37.3 Å². The van der Waals surface area contributed by atoms with Gasteiger partial charge in [-0.2, -0.15) is 0 Å². The van der Waals surface area contributed by atoms with Gasteiger partial charge in [-0.3, -0.25) is 4.79 Å². The molecule has 1 aromatic carbocycles. The van der Waals surface area contributed by atoms with Crippen LogP contribution in [0.4, 0.5) is 0 Å². The molecule has 2 rings (SSSR count). The molecule has 6 heteroatoms.